The zero-order valence-corrected chi connectivity index (χ0v) is 11.3. The third-order valence-corrected chi connectivity index (χ3v) is 3.00. The maximum Gasteiger partial charge on any atom is 0.314 e. The molecule has 0 aliphatic rings. The van der Waals surface area contributed by atoms with Gasteiger partial charge in [0.2, 0.25) is 5.82 Å². The van der Waals surface area contributed by atoms with Crippen LogP contribution in [0.2, 0.25) is 0 Å². The lowest BCUT2D eigenvalue weighted by Crippen LogP contribution is -2.08. The Labute approximate surface area is 116 Å². The van der Waals surface area contributed by atoms with Crippen molar-refractivity contribution in [2.24, 2.45) is 0 Å². The van der Waals surface area contributed by atoms with Crippen LogP contribution in [-0.4, -0.2) is 26.0 Å². The lowest BCUT2D eigenvalue weighted by Gasteiger charge is -2.07. The fraction of sp³-hybridized carbons (Fsp3) is 0.385. The van der Waals surface area contributed by atoms with Gasteiger partial charge in [-0.05, 0) is 25.8 Å². The minimum atomic E-state index is -0.393. The van der Waals surface area contributed by atoms with Gasteiger partial charge in [-0.25, -0.2) is 9.97 Å². The minimum absolute atomic E-state index is 0.0575. The van der Waals surface area contributed by atoms with Crippen LogP contribution >= 0.6 is 0 Å². The van der Waals surface area contributed by atoms with Crippen molar-refractivity contribution in [2.75, 3.05) is 11.9 Å². The molecule has 7 nitrogen and oxygen atoms in total. The SMILES string of the molecule is Cc1ccnc(NCCCCn2ccnc2)c1[N+](=O)[O-]. The summed E-state index contributed by atoms with van der Waals surface area (Å²) in [7, 11) is 0. The molecule has 0 saturated carbocycles. The Morgan fingerprint density at radius 1 is 1.40 bits per heavy atom. The zero-order valence-electron chi connectivity index (χ0n) is 11.3. The van der Waals surface area contributed by atoms with Crippen molar-refractivity contribution in [3.05, 3.63) is 46.7 Å². The van der Waals surface area contributed by atoms with Crippen LogP contribution in [0.15, 0.2) is 31.0 Å². The monoisotopic (exact) mass is 275 g/mol. The highest BCUT2D eigenvalue weighted by Gasteiger charge is 2.17. The quantitative estimate of drug-likeness (QED) is 0.476. The molecule has 0 saturated heterocycles. The van der Waals surface area contributed by atoms with Crippen molar-refractivity contribution in [1.29, 1.82) is 0 Å². The summed E-state index contributed by atoms with van der Waals surface area (Å²) in [5.41, 5.74) is 0.674. The van der Waals surface area contributed by atoms with E-state index in [1.54, 1.807) is 31.7 Å². The van der Waals surface area contributed by atoms with E-state index in [2.05, 4.69) is 15.3 Å². The second kappa shape index (κ2) is 6.65. The molecule has 1 N–H and O–H groups in total. The van der Waals surface area contributed by atoms with Gasteiger partial charge in [-0.1, -0.05) is 0 Å². The molecule has 0 bridgehead atoms. The summed E-state index contributed by atoms with van der Waals surface area (Å²) < 4.78 is 2.01. The predicted octanol–water partition coefficient (Wildman–Crippen LogP) is 2.39. The first-order valence-corrected chi connectivity index (χ1v) is 6.48. The number of nitrogens with one attached hydrogen (secondary N) is 1. The van der Waals surface area contributed by atoms with Crippen LogP contribution in [-0.2, 0) is 6.54 Å². The topological polar surface area (TPSA) is 85.9 Å². The second-order valence-electron chi connectivity index (χ2n) is 4.52. The van der Waals surface area contributed by atoms with Crippen LogP contribution in [0.5, 0.6) is 0 Å². The average Bonchev–Trinajstić information content (AvgIpc) is 2.91. The maximum atomic E-state index is 11.0. The standard InChI is InChI=1S/C13H17N5O2/c1-11-4-6-16-13(12(11)18(19)20)15-5-2-3-8-17-9-7-14-10-17/h4,6-7,9-10H,2-3,5,8H2,1H3,(H,15,16). The Morgan fingerprint density at radius 2 is 2.25 bits per heavy atom. The summed E-state index contributed by atoms with van der Waals surface area (Å²) >= 11 is 0. The molecule has 106 valence electrons. The highest BCUT2D eigenvalue weighted by molar-refractivity contribution is 5.59. The first kappa shape index (κ1) is 14.0. The number of anilines is 1. The fourth-order valence-electron chi connectivity index (χ4n) is 1.96. The molecule has 0 aliphatic heterocycles. The van der Waals surface area contributed by atoms with Gasteiger partial charge in [0.15, 0.2) is 0 Å². The summed E-state index contributed by atoms with van der Waals surface area (Å²) in [6.07, 6.45) is 8.91. The van der Waals surface area contributed by atoms with E-state index in [4.69, 9.17) is 0 Å². The molecular weight excluding hydrogens is 258 g/mol. The molecule has 0 spiro atoms. The van der Waals surface area contributed by atoms with Crippen molar-refractivity contribution in [3.63, 3.8) is 0 Å². The van der Waals surface area contributed by atoms with Gasteiger partial charge in [0, 0.05) is 37.2 Å². The highest BCUT2D eigenvalue weighted by Crippen LogP contribution is 2.25. The van der Waals surface area contributed by atoms with Crippen molar-refractivity contribution < 1.29 is 4.92 Å². The minimum Gasteiger partial charge on any atom is -0.364 e. The Kier molecular flexibility index (Phi) is 4.65. The molecule has 2 aromatic rings. The van der Waals surface area contributed by atoms with Crippen LogP contribution < -0.4 is 5.32 Å². The van der Waals surface area contributed by atoms with E-state index in [0.717, 1.165) is 19.4 Å². The molecular formula is C13H17N5O2. The number of hydrogen-bond acceptors (Lipinski definition) is 5. The molecule has 0 atom stereocenters. The summed E-state index contributed by atoms with van der Waals surface area (Å²) in [4.78, 5) is 18.6. The Morgan fingerprint density at radius 3 is 2.95 bits per heavy atom. The first-order chi connectivity index (χ1) is 9.68. The summed E-state index contributed by atoms with van der Waals surface area (Å²) in [5.74, 6) is 0.345. The third-order valence-electron chi connectivity index (χ3n) is 3.00. The first-order valence-electron chi connectivity index (χ1n) is 6.48. The predicted molar refractivity (Wildman–Crippen MR) is 75.6 cm³/mol. The van der Waals surface area contributed by atoms with Gasteiger partial charge in [-0.2, -0.15) is 0 Å². The van der Waals surface area contributed by atoms with E-state index < -0.39 is 4.92 Å². The van der Waals surface area contributed by atoms with Gasteiger partial charge >= 0.3 is 5.69 Å². The Bertz CT molecular complexity index is 568. The number of unbranched alkanes of at least 4 members (excludes halogenated alkanes) is 1. The number of nitrogens with zero attached hydrogens (tertiary/aromatic N) is 4. The molecule has 0 amide bonds. The van der Waals surface area contributed by atoms with E-state index >= 15 is 0 Å². The number of pyridine rings is 1. The molecule has 2 heterocycles. The molecule has 20 heavy (non-hydrogen) atoms. The average molecular weight is 275 g/mol. The van der Waals surface area contributed by atoms with Crippen LogP contribution in [0.4, 0.5) is 11.5 Å². The molecule has 7 heteroatoms. The van der Waals surface area contributed by atoms with E-state index in [0.29, 0.717) is 17.9 Å². The number of hydrogen-bond donors (Lipinski definition) is 1. The van der Waals surface area contributed by atoms with E-state index in [1.807, 2.05) is 10.8 Å². The zero-order chi connectivity index (χ0) is 14.4. The second-order valence-corrected chi connectivity index (χ2v) is 4.52. The van der Waals surface area contributed by atoms with Crippen LogP contribution in [0.3, 0.4) is 0 Å². The number of rotatable bonds is 7. The summed E-state index contributed by atoms with van der Waals surface area (Å²) in [6.45, 7) is 3.26. The lowest BCUT2D eigenvalue weighted by atomic mass is 10.2. The third kappa shape index (κ3) is 3.53. The van der Waals surface area contributed by atoms with Crippen LogP contribution in [0, 0.1) is 17.0 Å². The lowest BCUT2D eigenvalue weighted by molar-refractivity contribution is -0.384. The number of aryl methyl sites for hydroxylation is 2. The molecule has 0 radical (unpaired) electrons. The summed E-state index contributed by atoms with van der Waals surface area (Å²) in [5, 5.41) is 14.0. The van der Waals surface area contributed by atoms with E-state index in [-0.39, 0.29) is 5.69 Å². The molecule has 0 aliphatic carbocycles. The van der Waals surface area contributed by atoms with Gasteiger partial charge in [-0.15, -0.1) is 0 Å². The van der Waals surface area contributed by atoms with Crippen LogP contribution in [0.25, 0.3) is 0 Å². The smallest absolute Gasteiger partial charge is 0.314 e. The van der Waals surface area contributed by atoms with E-state index in [9.17, 15) is 10.1 Å². The van der Waals surface area contributed by atoms with Crippen molar-refractivity contribution in [2.45, 2.75) is 26.3 Å². The maximum absolute atomic E-state index is 11.0. The van der Waals surface area contributed by atoms with Gasteiger partial charge in [0.25, 0.3) is 0 Å². The van der Waals surface area contributed by atoms with E-state index in [1.165, 1.54) is 0 Å². The number of imidazole rings is 1. The van der Waals surface area contributed by atoms with Crippen molar-refractivity contribution in [1.82, 2.24) is 14.5 Å². The van der Waals surface area contributed by atoms with Gasteiger partial charge < -0.3 is 9.88 Å². The fourth-order valence-corrected chi connectivity index (χ4v) is 1.96. The molecule has 0 aromatic carbocycles. The molecule has 2 rings (SSSR count). The van der Waals surface area contributed by atoms with Gasteiger partial charge in [0.1, 0.15) is 0 Å². The van der Waals surface area contributed by atoms with Gasteiger partial charge in [-0.3, -0.25) is 10.1 Å². The largest absolute Gasteiger partial charge is 0.364 e. The Hall–Kier alpha value is -2.44. The Balaban J connectivity index is 1.82. The highest BCUT2D eigenvalue weighted by atomic mass is 16.6. The molecule has 0 fully saturated rings. The number of aromatic nitrogens is 3. The van der Waals surface area contributed by atoms with Crippen molar-refractivity contribution in [3.8, 4) is 0 Å². The summed E-state index contributed by atoms with van der Waals surface area (Å²) in [6, 6.07) is 1.64. The van der Waals surface area contributed by atoms with Crippen LogP contribution in [0.1, 0.15) is 18.4 Å². The number of nitro groups is 1. The molecule has 0 unspecified atom stereocenters. The molecule has 2 aromatic heterocycles. The van der Waals surface area contributed by atoms with Crippen molar-refractivity contribution >= 4 is 11.5 Å². The normalized spacial score (nSPS) is 10.4. The van der Waals surface area contributed by atoms with Gasteiger partial charge in [0.05, 0.1) is 11.3 Å².